The molecule has 7 nitrogen and oxygen atoms in total. The molecule has 1 atom stereocenters. The number of amides is 1. The second-order valence-corrected chi connectivity index (χ2v) is 5.02. The first kappa shape index (κ1) is 12.9. The normalized spacial score (nSPS) is 18.4. The number of H-pyrrole nitrogens is 1. The highest BCUT2D eigenvalue weighted by atomic mass is 16.5. The van der Waals surface area contributed by atoms with Crippen LogP contribution in [0.15, 0.2) is 16.7 Å². The average molecular weight is 275 g/mol. The van der Waals surface area contributed by atoms with Crippen LogP contribution in [0.2, 0.25) is 0 Å². The van der Waals surface area contributed by atoms with Gasteiger partial charge in [0, 0.05) is 18.2 Å². The lowest BCUT2D eigenvalue weighted by Gasteiger charge is -2.05. The Labute approximate surface area is 116 Å². The summed E-state index contributed by atoms with van der Waals surface area (Å²) in [6, 6.07) is 3.93. The van der Waals surface area contributed by atoms with Gasteiger partial charge in [-0.05, 0) is 26.3 Å². The summed E-state index contributed by atoms with van der Waals surface area (Å²) in [5.41, 5.74) is 1.77. The van der Waals surface area contributed by atoms with Crippen molar-refractivity contribution in [2.45, 2.75) is 32.2 Å². The molecule has 0 aliphatic carbocycles. The molecular formula is C13H17N5O2. The van der Waals surface area contributed by atoms with E-state index in [1.165, 1.54) is 0 Å². The van der Waals surface area contributed by atoms with Crippen LogP contribution in [-0.2, 0) is 11.2 Å². The van der Waals surface area contributed by atoms with Crippen LogP contribution in [0.1, 0.15) is 36.0 Å². The van der Waals surface area contributed by atoms with Crippen LogP contribution < -0.4 is 10.6 Å². The van der Waals surface area contributed by atoms with Crippen LogP contribution in [0.5, 0.6) is 0 Å². The number of hydrogen-bond acceptors (Lipinski definition) is 5. The highest BCUT2D eigenvalue weighted by molar-refractivity contribution is 5.91. The number of rotatable bonds is 4. The van der Waals surface area contributed by atoms with E-state index in [1.54, 1.807) is 6.07 Å². The molecule has 0 aromatic carbocycles. The lowest BCUT2D eigenvalue weighted by atomic mass is 10.1. The third-order valence-electron chi connectivity index (χ3n) is 3.31. The Bertz CT molecular complexity index is 597. The minimum Gasteiger partial charge on any atom is -0.361 e. The van der Waals surface area contributed by atoms with Gasteiger partial charge in [-0.15, -0.1) is 0 Å². The van der Waals surface area contributed by atoms with Crippen molar-refractivity contribution in [3.05, 3.63) is 29.3 Å². The third-order valence-corrected chi connectivity index (χ3v) is 3.31. The zero-order valence-corrected chi connectivity index (χ0v) is 11.3. The van der Waals surface area contributed by atoms with Gasteiger partial charge in [0.2, 0.25) is 5.91 Å². The maximum atomic E-state index is 11.9. The molecule has 1 aliphatic rings. The van der Waals surface area contributed by atoms with E-state index in [1.807, 2.05) is 13.0 Å². The van der Waals surface area contributed by atoms with Crippen molar-refractivity contribution in [1.29, 1.82) is 0 Å². The smallest absolute Gasteiger partial charge is 0.233 e. The molecule has 0 spiro atoms. The lowest BCUT2D eigenvalue weighted by Crippen LogP contribution is -2.14. The van der Waals surface area contributed by atoms with Crippen molar-refractivity contribution >= 4 is 11.7 Å². The maximum absolute atomic E-state index is 11.9. The summed E-state index contributed by atoms with van der Waals surface area (Å²) < 4.78 is 5.01. The predicted octanol–water partition coefficient (Wildman–Crippen LogP) is 1.31. The highest BCUT2D eigenvalue weighted by Gasteiger charge is 2.19. The van der Waals surface area contributed by atoms with E-state index in [4.69, 9.17) is 4.52 Å². The van der Waals surface area contributed by atoms with E-state index >= 15 is 0 Å². The Morgan fingerprint density at radius 3 is 3.15 bits per heavy atom. The van der Waals surface area contributed by atoms with Crippen molar-refractivity contribution < 1.29 is 9.32 Å². The van der Waals surface area contributed by atoms with Crippen LogP contribution in [0.4, 0.5) is 5.82 Å². The van der Waals surface area contributed by atoms with Gasteiger partial charge in [-0.1, -0.05) is 5.16 Å². The minimum atomic E-state index is -0.168. The highest BCUT2D eigenvalue weighted by Crippen LogP contribution is 2.22. The molecule has 1 unspecified atom stereocenters. The largest absolute Gasteiger partial charge is 0.361 e. The molecule has 0 bridgehead atoms. The average Bonchev–Trinajstić information content (AvgIpc) is 3.10. The van der Waals surface area contributed by atoms with Crippen LogP contribution in [0.25, 0.3) is 0 Å². The van der Waals surface area contributed by atoms with Crippen molar-refractivity contribution in [2.24, 2.45) is 0 Å². The summed E-state index contributed by atoms with van der Waals surface area (Å²) in [6.07, 6.45) is 2.41. The number of aryl methyl sites for hydroxylation is 1. The summed E-state index contributed by atoms with van der Waals surface area (Å²) in [7, 11) is 0. The van der Waals surface area contributed by atoms with E-state index in [0.29, 0.717) is 17.6 Å². The molecular weight excluding hydrogens is 258 g/mol. The van der Waals surface area contributed by atoms with Gasteiger partial charge in [-0.3, -0.25) is 9.89 Å². The fourth-order valence-electron chi connectivity index (χ4n) is 2.37. The number of nitrogens with one attached hydrogen (secondary N) is 3. The molecule has 20 heavy (non-hydrogen) atoms. The standard InChI is InChI=1S/C13H17N5O2/c1-8-5-9(20-18-8)6-13(19)15-12-7-11(16-17-12)10-3-2-4-14-10/h5,7,10,14H,2-4,6H2,1H3,(H2,15,16,17,19). The summed E-state index contributed by atoms with van der Waals surface area (Å²) in [5.74, 6) is 0.918. The van der Waals surface area contributed by atoms with Crippen molar-refractivity contribution in [1.82, 2.24) is 20.7 Å². The molecule has 3 heterocycles. The monoisotopic (exact) mass is 275 g/mol. The number of nitrogens with zero attached hydrogens (tertiary/aromatic N) is 2. The summed E-state index contributed by atoms with van der Waals surface area (Å²) in [5, 5.41) is 16.9. The number of aromatic nitrogens is 3. The van der Waals surface area contributed by atoms with Gasteiger partial charge in [0.05, 0.1) is 17.8 Å². The number of carbonyl (C=O) groups excluding carboxylic acids is 1. The zero-order chi connectivity index (χ0) is 13.9. The molecule has 2 aromatic rings. The second-order valence-electron chi connectivity index (χ2n) is 5.02. The molecule has 0 radical (unpaired) electrons. The predicted molar refractivity (Wildman–Crippen MR) is 72.1 cm³/mol. The molecule has 3 N–H and O–H groups in total. The van der Waals surface area contributed by atoms with Crippen LogP contribution in [0.3, 0.4) is 0 Å². The third kappa shape index (κ3) is 2.88. The van der Waals surface area contributed by atoms with Crippen molar-refractivity contribution in [3.63, 3.8) is 0 Å². The zero-order valence-electron chi connectivity index (χ0n) is 11.3. The fraction of sp³-hybridized carbons (Fsp3) is 0.462. The quantitative estimate of drug-likeness (QED) is 0.782. The van der Waals surface area contributed by atoms with Gasteiger partial charge < -0.3 is 15.2 Å². The molecule has 1 amide bonds. The first-order valence-corrected chi connectivity index (χ1v) is 6.71. The Morgan fingerprint density at radius 1 is 1.55 bits per heavy atom. The number of hydrogen-bond donors (Lipinski definition) is 3. The number of anilines is 1. The van der Waals surface area contributed by atoms with E-state index in [9.17, 15) is 4.79 Å². The minimum absolute atomic E-state index is 0.157. The summed E-state index contributed by atoms with van der Waals surface area (Å²) >= 11 is 0. The summed E-state index contributed by atoms with van der Waals surface area (Å²) in [4.78, 5) is 11.9. The topological polar surface area (TPSA) is 95.8 Å². The summed E-state index contributed by atoms with van der Waals surface area (Å²) in [6.45, 7) is 2.84. The van der Waals surface area contributed by atoms with Gasteiger partial charge in [0.1, 0.15) is 5.76 Å². The van der Waals surface area contributed by atoms with Crippen molar-refractivity contribution in [2.75, 3.05) is 11.9 Å². The fourth-order valence-corrected chi connectivity index (χ4v) is 2.37. The SMILES string of the molecule is Cc1cc(CC(=O)Nc2cc(C3CCCN3)[nH]n2)on1. The van der Waals surface area contributed by atoms with Gasteiger partial charge in [0.25, 0.3) is 0 Å². The van der Waals surface area contributed by atoms with Crippen LogP contribution in [-0.4, -0.2) is 27.8 Å². The van der Waals surface area contributed by atoms with E-state index in [0.717, 1.165) is 30.8 Å². The molecule has 0 saturated carbocycles. The molecule has 7 heteroatoms. The lowest BCUT2D eigenvalue weighted by molar-refractivity contribution is -0.115. The first-order chi connectivity index (χ1) is 9.70. The van der Waals surface area contributed by atoms with E-state index in [2.05, 4.69) is 26.0 Å². The maximum Gasteiger partial charge on any atom is 0.233 e. The number of aromatic amines is 1. The Morgan fingerprint density at radius 2 is 2.45 bits per heavy atom. The van der Waals surface area contributed by atoms with Crippen molar-refractivity contribution in [3.8, 4) is 0 Å². The Hall–Kier alpha value is -2.15. The van der Waals surface area contributed by atoms with Crippen LogP contribution in [0, 0.1) is 6.92 Å². The van der Waals surface area contributed by atoms with Gasteiger partial charge in [-0.2, -0.15) is 5.10 Å². The van der Waals surface area contributed by atoms with E-state index in [-0.39, 0.29) is 12.3 Å². The van der Waals surface area contributed by atoms with Gasteiger partial charge in [-0.25, -0.2) is 0 Å². The molecule has 1 fully saturated rings. The molecule has 106 valence electrons. The van der Waals surface area contributed by atoms with Gasteiger partial charge in [0.15, 0.2) is 5.82 Å². The van der Waals surface area contributed by atoms with E-state index < -0.39 is 0 Å². The Balaban J connectivity index is 1.58. The Kier molecular flexibility index (Phi) is 3.51. The number of carbonyl (C=O) groups is 1. The molecule has 1 saturated heterocycles. The molecule has 3 rings (SSSR count). The molecule has 1 aliphatic heterocycles. The first-order valence-electron chi connectivity index (χ1n) is 6.71. The van der Waals surface area contributed by atoms with Gasteiger partial charge >= 0.3 is 0 Å². The molecule has 2 aromatic heterocycles. The second kappa shape index (κ2) is 5.46. The van der Waals surface area contributed by atoms with Crippen LogP contribution >= 0.6 is 0 Å².